The monoisotopic (exact) mass is 472 g/mol. The first kappa shape index (κ1) is 22.4. The summed E-state index contributed by atoms with van der Waals surface area (Å²) >= 11 is 1.29. The van der Waals surface area contributed by atoms with Crippen LogP contribution in [0.15, 0.2) is 53.4 Å². The zero-order chi connectivity index (χ0) is 22.7. The van der Waals surface area contributed by atoms with Gasteiger partial charge in [0.1, 0.15) is 10.8 Å². The Morgan fingerprint density at radius 3 is 2.53 bits per heavy atom. The molecule has 2 heterocycles. The van der Waals surface area contributed by atoms with Crippen LogP contribution in [0.25, 0.3) is 10.6 Å². The number of piperidine rings is 1. The highest BCUT2D eigenvalue weighted by molar-refractivity contribution is 7.89. The number of carbonyl (C=O) groups excluding carboxylic acids is 1. The van der Waals surface area contributed by atoms with Gasteiger partial charge in [0.2, 0.25) is 21.1 Å². The van der Waals surface area contributed by atoms with Crippen LogP contribution in [0.4, 0.5) is 5.13 Å². The van der Waals surface area contributed by atoms with Gasteiger partial charge < -0.3 is 10.1 Å². The fraction of sp³-hybridized carbons (Fsp3) is 0.318. The molecule has 168 valence electrons. The number of benzene rings is 2. The minimum absolute atomic E-state index is 0.129. The molecule has 8 nitrogen and oxygen atoms in total. The van der Waals surface area contributed by atoms with Crippen LogP contribution in [-0.4, -0.2) is 49.0 Å². The van der Waals surface area contributed by atoms with Crippen LogP contribution in [0.3, 0.4) is 0 Å². The molecule has 1 atom stereocenters. The summed E-state index contributed by atoms with van der Waals surface area (Å²) < 4.78 is 32.5. The molecule has 1 aliphatic rings. The number of sulfonamides is 1. The third kappa shape index (κ3) is 4.82. The zero-order valence-electron chi connectivity index (χ0n) is 17.8. The highest BCUT2D eigenvalue weighted by atomic mass is 32.2. The minimum Gasteiger partial charge on any atom is -0.497 e. The number of rotatable bonds is 6. The molecule has 1 aromatic heterocycles. The molecule has 0 saturated carbocycles. The molecular weight excluding hydrogens is 448 g/mol. The molecule has 0 bridgehead atoms. The lowest BCUT2D eigenvalue weighted by molar-refractivity contribution is -0.120. The second kappa shape index (κ2) is 9.35. The van der Waals surface area contributed by atoms with Gasteiger partial charge in [-0.3, -0.25) is 4.79 Å². The molecule has 1 aliphatic heterocycles. The summed E-state index contributed by atoms with van der Waals surface area (Å²) in [6.07, 6.45) is 1.22. The number of nitrogens with zero attached hydrogens (tertiary/aromatic N) is 3. The lowest BCUT2D eigenvalue weighted by Crippen LogP contribution is -2.43. The van der Waals surface area contributed by atoms with Crippen molar-refractivity contribution in [1.82, 2.24) is 14.5 Å². The number of ether oxygens (including phenoxy) is 1. The summed E-state index contributed by atoms with van der Waals surface area (Å²) in [6.45, 7) is 2.52. The van der Waals surface area contributed by atoms with Crippen molar-refractivity contribution in [1.29, 1.82) is 0 Å². The van der Waals surface area contributed by atoms with Gasteiger partial charge in [0, 0.05) is 18.7 Å². The number of aromatic nitrogens is 2. The standard InChI is InChI=1S/C22H24N4O4S2/c1-15-5-7-16(8-6-15)21-24-25-22(31-21)23-20(27)17-4-3-13-26(14-17)32(28,29)19-11-9-18(30-2)10-12-19/h5-12,17H,3-4,13-14H2,1-2H3,(H,23,25,27). The molecule has 32 heavy (non-hydrogen) atoms. The van der Waals surface area contributed by atoms with Gasteiger partial charge in [-0.15, -0.1) is 10.2 Å². The number of aryl methyl sites for hydroxylation is 1. The number of hydrogen-bond acceptors (Lipinski definition) is 7. The molecule has 1 unspecified atom stereocenters. The van der Waals surface area contributed by atoms with E-state index in [1.165, 1.54) is 34.9 Å². The van der Waals surface area contributed by atoms with Gasteiger partial charge in [-0.1, -0.05) is 41.2 Å². The van der Waals surface area contributed by atoms with Gasteiger partial charge in [-0.25, -0.2) is 8.42 Å². The number of amides is 1. The SMILES string of the molecule is COc1ccc(S(=O)(=O)N2CCCC(C(=O)Nc3nnc(-c4ccc(C)cc4)s3)C2)cc1. The Morgan fingerprint density at radius 1 is 1.12 bits per heavy atom. The second-order valence-corrected chi connectivity index (χ2v) is 10.6. The maximum absolute atomic E-state index is 13.0. The van der Waals surface area contributed by atoms with Crippen molar-refractivity contribution < 1.29 is 17.9 Å². The normalized spacial score (nSPS) is 17.1. The quantitative estimate of drug-likeness (QED) is 0.589. The highest BCUT2D eigenvalue weighted by Crippen LogP contribution is 2.29. The molecule has 0 radical (unpaired) electrons. The van der Waals surface area contributed by atoms with Gasteiger partial charge >= 0.3 is 0 Å². The number of hydrogen-bond donors (Lipinski definition) is 1. The van der Waals surface area contributed by atoms with Crippen LogP contribution in [0.2, 0.25) is 0 Å². The number of anilines is 1. The van der Waals surface area contributed by atoms with E-state index in [2.05, 4.69) is 15.5 Å². The molecule has 3 aromatic rings. The van der Waals surface area contributed by atoms with Gasteiger partial charge in [0.25, 0.3) is 0 Å². The predicted molar refractivity (Wildman–Crippen MR) is 123 cm³/mol. The van der Waals surface area contributed by atoms with Crippen LogP contribution in [-0.2, 0) is 14.8 Å². The third-order valence-electron chi connectivity index (χ3n) is 5.41. The Hall–Kier alpha value is -2.82. The second-order valence-electron chi connectivity index (χ2n) is 7.65. The lowest BCUT2D eigenvalue weighted by Gasteiger charge is -2.31. The lowest BCUT2D eigenvalue weighted by atomic mass is 9.99. The minimum atomic E-state index is -3.69. The molecule has 0 spiro atoms. The smallest absolute Gasteiger partial charge is 0.243 e. The summed E-state index contributed by atoms with van der Waals surface area (Å²) in [7, 11) is -2.16. The van der Waals surface area contributed by atoms with Crippen LogP contribution in [0, 0.1) is 12.8 Å². The molecule has 10 heteroatoms. The fourth-order valence-corrected chi connectivity index (χ4v) is 5.84. The van der Waals surface area contributed by atoms with E-state index in [9.17, 15) is 13.2 Å². The van der Waals surface area contributed by atoms with Crippen molar-refractivity contribution >= 4 is 32.4 Å². The summed E-state index contributed by atoms with van der Waals surface area (Å²) in [6, 6.07) is 14.2. The third-order valence-corrected chi connectivity index (χ3v) is 8.17. The van der Waals surface area contributed by atoms with Crippen molar-refractivity contribution in [3.8, 4) is 16.3 Å². The van der Waals surface area contributed by atoms with E-state index >= 15 is 0 Å². The molecule has 1 N–H and O–H groups in total. The molecule has 1 amide bonds. The average molecular weight is 473 g/mol. The van der Waals surface area contributed by atoms with E-state index < -0.39 is 15.9 Å². The largest absolute Gasteiger partial charge is 0.497 e. The van der Waals surface area contributed by atoms with E-state index in [0.717, 1.165) is 11.1 Å². The van der Waals surface area contributed by atoms with Crippen molar-refractivity contribution in [3.63, 3.8) is 0 Å². The Bertz CT molecular complexity index is 1190. The molecular formula is C22H24N4O4S2. The Kier molecular flexibility index (Phi) is 6.54. The van der Waals surface area contributed by atoms with E-state index in [0.29, 0.717) is 35.3 Å². The maximum atomic E-state index is 13.0. The van der Waals surface area contributed by atoms with Gasteiger partial charge in [-0.05, 0) is 44.0 Å². The van der Waals surface area contributed by atoms with Crippen molar-refractivity contribution in [2.75, 3.05) is 25.5 Å². The number of methoxy groups -OCH3 is 1. The van der Waals surface area contributed by atoms with E-state index in [1.54, 1.807) is 12.1 Å². The summed E-state index contributed by atoms with van der Waals surface area (Å²) in [5.41, 5.74) is 2.08. The van der Waals surface area contributed by atoms with Crippen molar-refractivity contribution in [2.24, 2.45) is 5.92 Å². The first-order valence-electron chi connectivity index (χ1n) is 10.2. The van der Waals surface area contributed by atoms with Crippen LogP contribution in [0.5, 0.6) is 5.75 Å². The summed E-state index contributed by atoms with van der Waals surface area (Å²) in [4.78, 5) is 13.0. The Balaban J connectivity index is 1.43. The van der Waals surface area contributed by atoms with Gasteiger partial charge in [0.05, 0.1) is 17.9 Å². The molecule has 4 rings (SSSR count). The van der Waals surface area contributed by atoms with Gasteiger partial charge in [0.15, 0.2) is 0 Å². The number of nitrogens with one attached hydrogen (secondary N) is 1. The van der Waals surface area contributed by atoms with Crippen LogP contribution >= 0.6 is 11.3 Å². The van der Waals surface area contributed by atoms with Crippen molar-refractivity contribution in [2.45, 2.75) is 24.7 Å². The Morgan fingerprint density at radius 2 is 1.84 bits per heavy atom. The molecule has 2 aromatic carbocycles. The highest BCUT2D eigenvalue weighted by Gasteiger charge is 2.33. The maximum Gasteiger partial charge on any atom is 0.243 e. The van der Waals surface area contributed by atoms with Crippen LogP contribution in [0.1, 0.15) is 18.4 Å². The first-order valence-corrected chi connectivity index (χ1v) is 12.5. The fourth-order valence-electron chi connectivity index (χ4n) is 3.57. The van der Waals surface area contributed by atoms with E-state index in [-0.39, 0.29) is 17.3 Å². The number of carbonyl (C=O) groups is 1. The zero-order valence-corrected chi connectivity index (χ0v) is 19.4. The van der Waals surface area contributed by atoms with Crippen LogP contribution < -0.4 is 10.1 Å². The first-order chi connectivity index (χ1) is 15.4. The molecule has 1 fully saturated rings. The predicted octanol–water partition coefficient (Wildman–Crippen LogP) is 3.56. The molecule has 0 aliphatic carbocycles. The van der Waals surface area contributed by atoms with E-state index in [4.69, 9.17) is 4.74 Å². The summed E-state index contributed by atoms with van der Waals surface area (Å²) in [5.74, 6) is -0.114. The topological polar surface area (TPSA) is 101 Å². The van der Waals surface area contributed by atoms with Crippen molar-refractivity contribution in [3.05, 3.63) is 54.1 Å². The Labute approximate surface area is 191 Å². The summed E-state index contributed by atoms with van der Waals surface area (Å²) in [5, 5.41) is 12.2. The van der Waals surface area contributed by atoms with E-state index in [1.807, 2.05) is 31.2 Å². The van der Waals surface area contributed by atoms with Gasteiger partial charge in [-0.2, -0.15) is 4.31 Å². The average Bonchev–Trinajstić information content (AvgIpc) is 3.28. The molecule has 1 saturated heterocycles.